The number of nitrogens with one attached hydrogen (secondary N) is 1. The fourth-order valence-corrected chi connectivity index (χ4v) is 1.98. The van der Waals surface area contributed by atoms with Crippen LogP contribution in [-0.4, -0.2) is 12.5 Å². The van der Waals surface area contributed by atoms with E-state index in [-0.39, 0.29) is 11.8 Å². The van der Waals surface area contributed by atoms with Crippen LogP contribution in [0.15, 0.2) is 24.3 Å². The van der Waals surface area contributed by atoms with Gasteiger partial charge in [-0.25, -0.2) is 0 Å². The quantitative estimate of drug-likeness (QED) is 0.794. The Bertz CT molecular complexity index is 351. The van der Waals surface area contributed by atoms with Crippen molar-refractivity contribution in [1.82, 2.24) is 5.32 Å². The van der Waals surface area contributed by atoms with Crippen molar-refractivity contribution in [1.29, 1.82) is 0 Å². The van der Waals surface area contributed by atoms with E-state index in [1.807, 2.05) is 24.3 Å². The van der Waals surface area contributed by atoms with Gasteiger partial charge in [-0.1, -0.05) is 29.8 Å². The van der Waals surface area contributed by atoms with E-state index in [1.165, 1.54) is 0 Å². The third-order valence-electron chi connectivity index (χ3n) is 2.59. The predicted molar refractivity (Wildman–Crippen MR) is 56.3 cm³/mol. The molecule has 3 heteroatoms. The first-order valence-electron chi connectivity index (χ1n) is 4.78. The van der Waals surface area contributed by atoms with Gasteiger partial charge in [-0.15, -0.1) is 0 Å². The SMILES string of the molecule is O=C1NCCC1Cc1ccccc1Cl. The molecule has 1 heterocycles. The van der Waals surface area contributed by atoms with Crippen LogP contribution in [0.4, 0.5) is 0 Å². The summed E-state index contributed by atoms with van der Waals surface area (Å²) in [5, 5.41) is 3.58. The third-order valence-corrected chi connectivity index (χ3v) is 2.96. The van der Waals surface area contributed by atoms with Gasteiger partial charge >= 0.3 is 0 Å². The molecule has 1 aromatic rings. The van der Waals surface area contributed by atoms with E-state index >= 15 is 0 Å². The van der Waals surface area contributed by atoms with Crippen molar-refractivity contribution in [2.75, 3.05) is 6.54 Å². The van der Waals surface area contributed by atoms with Crippen LogP contribution in [0, 0.1) is 5.92 Å². The number of hydrogen-bond acceptors (Lipinski definition) is 1. The maximum atomic E-state index is 11.3. The van der Waals surface area contributed by atoms with Gasteiger partial charge in [0, 0.05) is 17.5 Å². The Hall–Kier alpha value is -1.02. The molecule has 0 aromatic heterocycles. The predicted octanol–water partition coefficient (Wildman–Crippen LogP) is 2.02. The molecule has 74 valence electrons. The standard InChI is InChI=1S/C11H12ClNO/c12-10-4-2-1-3-8(10)7-9-5-6-13-11(9)14/h1-4,9H,5-7H2,(H,13,14). The van der Waals surface area contributed by atoms with Crippen molar-refractivity contribution in [3.05, 3.63) is 34.9 Å². The van der Waals surface area contributed by atoms with Gasteiger partial charge in [-0.2, -0.15) is 0 Å². The molecule has 1 aromatic carbocycles. The highest BCUT2D eigenvalue weighted by Crippen LogP contribution is 2.22. The molecular weight excluding hydrogens is 198 g/mol. The molecule has 1 unspecified atom stereocenters. The summed E-state index contributed by atoms with van der Waals surface area (Å²) in [5.41, 5.74) is 1.07. The fourth-order valence-electron chi connectivity index (χ4n) is 1.77. The van der Waals surface area contributed by atoms with Crippen molar-refractivity contribution < 1.29 is 4.79 Å². The van der Waals surface area contributed by atoms with Crippen molar-refractivity contribution in [2.24, 2.45) is 5.92 Å². The first-order chi connectivity index (χ1) is 6.77. The summed E-state index contributed by atoms with van der Waals surface area (Å²) in [7, 11) is 0. The highest BCUT2D eigenvalue weighted by Gasteiger charge is 2.24. The summed E-state index contributed by atoms with van der Waals surface area (Å²) in [6.07, 6.45) is 1.68. The fraction of sp³-hybridized carbons (Fsp3) is 0.364. The lowest BCUT2D eigenvalue weighted by atomic mass is 9.98. The first kappa shape index (κ1) is 9.53. The Morgan fingerprint density at radius 1 is 1.43 bits per heavy atom. The van der Waals surface area contributed by atoms with Crippen molar-refractivity contribution in [2.45, 2.75) is 12.8 Å². The molecular formula is C11H12ClNO. The lowest BCUT2D eigenvalue weighted by Crippen LogP contribution is -2.20. The lowest BCUT2D eigenvalue weighted by Gasteiger charge is -2.07. The van der Waals surface area contributed by atoms with Gasteiger partial charge in [-0.05, 0) is 24.5 Å². The zero-order valence-electron chi connectivity index (χ0n) is 7.79. The molecule has 1 saturated heterocycles. The van der Waals surface area contributed by atoms with Crippen molar-refractivity contribution in [3.8, 4) is 0 Å². The van der Waals surface area contributed by atoms with Gasteiger partial charge in [0.1, 0.15) is 0 Å². The molecule has 0 bridgehead atoms. The Morgan fingerprint density at radius 2 is 2.21 bits per heavy atom. The minimum Gasteiger partial charge on any atom is -0.356 e. The van der Waals surface area contributed by atoms with Gasteiger partial charge < -0.3 is 5.32 Å². The molecule has 1 N–H and O–H groups in total. The van der Waals surface area contributed by atoms with Gasteiger partial charge in [-0.3, -0.25) is 4.79 Å². The van der Waals surface area contributed by atoms with Gasteiger partial charge in [0.05, 0.1) is 0 Å². The summed E-state index contributed by atoms with van der Waals surface area (Å²) in [6.45, 7) is 0.800. The Morgan fingerprint density at radius 3 is 2.86 bits per heavy atom. The van der Waals surface area contributed by atoms with Crippen molar-refractivity contribution in [3.63, 3.8) is 0 Å². The van der Waals surface area contributed by atoms with Crippen LogP contribution >= 0.6 is 11.6 Å². The highest BCUT2D eigenvalue weighted by atomic mass is 35.5. The number of rotatable bonds is 2. The topological polar surface area (TPSA) is 29.1 Å². The summed E-state index contributed by atoms with van der Waals surface area (Å²) in [6, 6.07) is 7.70. The smallest absolute Gasteiger partial charge is 0.223 e. The molecule has 0 saturated carbocycles. The average Bonchev–Trinajstić information content (AvgIpc) is 2.56. The van der Waals surface area contributed by atoms with E-state index < -0.39 is 0 Å². The van der Waals surface area contributed by atoms with Crippen LogP contribution in [0.5, 0.6) is 0 Å². The molecule has 0 spiro atoms. The van der Waals surface area contributed by atoms with Crippen LogP contribution in [0.1, 0.15) is 12.0 Å². The molecule has 1 aliphatic heterocycles. The van der Waals surface area contributed by atoms with Gasteiger partial charge in [0.15, 0.2) is 0 Å². The zero-order chi connectivity index (χ0) is 9.97. The van der Waals surface area contributed by atoms with E-state index in [0.717, 1.165) is 30.0 Å². The average molecular weight is 210 g/mol. The van der Waals surface area contributed by atoms with E-state index in [4.69, 9.17) is 11.6 Å². The van der Waals surface area contributed by atoms with E-state index in [2.05, 4.69) is 5.32 Å². The Kier molecular flexibility index (Phi) is 2.73. The largest absolute Gasteiger partial charge is 0.356 e. The number of benzene rings is 1. The summed E-state index contributed by atoms with van der Waals surface area (Å²) < 4.78 is 0. The van der Waals surface area contributed by atoms with Gasteiger partial charge in [0.25, 0.3) is 0 Å². The van der Waals surface area contributed by atoms with E-state index in [9.17, 15) is 4.79 Å². The zero-order valence-corrected chi connectivity index (χ0v) is 8.55. The summed E-state index contributed by atoms with van der Waals surface area (Å²) in [5.74, 6) is 0.264. The second-order valence-corrected chi connectivity index (χ2v) is 3.98. The molecule has 1 aliphatic rings. The van der Waals surface area contributed by atoms with E-state index in [1.54, 1.807) is 0 Å². The number of halogens is 1. The molecule has 1 fully saturated rings. The molecule has 14 heavy (non-hydrogen) atoms. The number of carbonyl (C=O) groups is 1. The minimum atomic E-state index is 0.106. The van der Waals surface area contributed by atoms with Crippen LogP contribution in [0.2, 0.25) is 5.02 Å². The highest BCUT2D eigenvalue weighted by molar-refractivity contribution is 6.31. The normalized spacial score (nSPS) is 20.9. The maximum Gasteiger partial charge on any atom is 0.223 e. The van der Waals surface area contributed by atoms with Gasteiger partial charge in [0.2, 0.25) is 5.91 Å². The molecule has 1 amide bonds. The minimum absolute atomic E-state index is 0.106. The van der Waals surface area contributed by atoms with E-state index in [0.29, 0.717) is 0 Å². The van der Waals surface area contributed by atoms with Crippen LogP contribution in [-0.2, 0) is 11.2 Å². The summed E-state index contributed by atoms with van der Waals surface area (Å²) >= 11 is 6.02. The lowest BCUT2D eigenvalue weighted by molar-refractivity contribution is -0.122. The van der Waals surface area contributed by atoms with Crippen molar-refractivity contribution >= 4 is 17.5 Å². The number of hydrogen-bond donors (Lipinski definition) is 1. The molecule has 2 rings (SSSR count). The second kappa shape index (κ2) is 4.01. The number of carbonyl (C=O) groups excluding carboxylic acids is 1. The number of amides is 1. The summed E-state index contributed by atoms with van der Waals surface area (Å²) in [4.78, 5) is 11.3. The third kappa shape index (κ3) is 1.90. The first-order valence-corrected chi connectivity index (χ1v) is 5.16. The molecule has 0 aliphatic carbocycles. The maximum absolute atomic E-state index is 11.3. The monoisotopic (exact) mass is 209 g/mol. The molecule has 2 nitrogen and oxygen atoms in total. The van der Waals surface area contributed by atoms with Crippen LogP contribution in [0.25, 0.3) is 0 Å². The molecule has 0 radical (unpaired) electrons. The Labute approximate surface area is 88.3 Å². The van der Waals surface area contributed by atoms with Crippen LogP contribution < -0.4 is 5.32 Å². The van der Waals surface area contributed by atoms with Crippen LogP contribution in [0.3, 0.4) is 0 Å². The molecule has 1 atom stereocenters. The Balaban J connectivity index is 2.10. The second-order valence-electron chi connectivity index (χ2n) is 3.57.